The molecule has 2 atom stereocenters. The maximum Gasteiger partial charge on any atom is 0.271 e. The molecular weight excluding hydrogens is 334 g/mol. The Morgan fingerprint density at radius 2 is 1.40 bits per heavy atom. The highest BCUT2D eigenvalue weighted by molar-refractivity contribution is 6.30. The summed E-state index contributed by atoms with van der Waals surface area (Å²) in [5, 5.41) is 0.668. The van der Waals surface area contributed by atoms with Gasteiger partial charge in [0, 0.05) is 10.7 Å². The lowest BCUT2D eigenvalue weighted by molar-refractivity contribution is -0.135. The van der Waals surface area contributed by atoms with Crippen LogP contribution in [0.2, 0.25) is 5.02 Å². The topological polar surface area (TPSA) is 29.5 Å². The van der Waals surface area contributed by atoms with Crippen molar-refractivity contribution >= 4 is 23.2 Å². The molecule has 1 saturated heterocycles. The van der Waals surface area contributed by atoms with Crippen molar-refractivity contribution in [3.05, 3.63) is 95.5 Å². The molecule has 124 valence electrons. The fourth-order valence-corrected chi connectivity index (χ4v) is 3.21. The fourth-order valence-electron chi connectivity index (χ4n) is 3.08. The second kappa shape index (κ2) is 6.61. The number of rotatable bonds is 4. The summed E-state index contributed by atoms with van der Waals surface area (Å²) in [6.07, 6.45) is -0.552. The van der Waals surface area contributed by atoms with Gasteiger partial charge in [-0.05, 0) is 42.0 Å². The summed E-state index contributed by atoms with van der Waals surface area (Å²) < 4.78 is 5.99. The van der Waals surface area contributed by atoms with Gasteiger partial charge >= 0.3 is 0 Å². The summed E-state index contributed by atoms with van der Waals surface area (Å²) >= 11 is 6.01. The number of nitrogens with zero attached hydrogens (tertiary/aromatic N) is 1. The zero-order chi connectivity index (χ0) is 17.2. The van der Waals surface area contributed by atoms with Gasteiger partial charge in [-0.1, -0.05) is 60.1 Å². The molecule has 1 aliphatic rings. The Morgan fingerprint density at radius 3 is 2.04 bits per heavy atom. The van der Waals surface area contributed by atoms with E-state index in [1.807, 2.05) is 84.9 Å². The van der Waals surface area contributed by atoms with Gasteiger partial charge in [0.1, 0.15) is 11.8 Å². The first-order chi connectivity index (χ1) is 12.2. The van der Waals surface area contributed by atoms with E-state index in [1.165, 1.54) is 0 Å². The smallest absolute Gasteiger partial charge is 0.271 e. The van der Waals surface area contributed by atoms with Gasteiger partial charge in [-0.2, -0.15) is 0 Å². The van der Waals surface area contributed by atoms with Crippen LogP contribution in [0, 0.1) is 0 Å². The molecule has 4 heteroatoms. The monoisotopic (exact) mass is 349 g/mol. The Labute approximate surface area is 151 Å². The molecule has 1 fully saturated rings. The molecule has 1 aliphatic heterocycles. The molecule has 3 nitrogen and oxygen atoms in total. The van der Waals surface area contributed by atoms with Crippen LogP contribution in [-0.4, -0.2) is 12.0 Å². The lowest BCUT2D eigenvalue weighted by Gasteiger charge is -2.46. The molecule has 0 N–H and O–H groups in total. The molecule has 0 saturated carbocycles. The Kier molecular flexibility index (Phi) is 4.16. The summed E-state index contributed by atoms with van der Waals surface area (Å²) in [5.41, 5.74) is 1.86. The molecule has 3 aromatic rings. The highest BCUT2D eigenvalue weighted by atomic mass is 35.5. The number of β-lactam (4-membered cyclic amide) rings is 1. The van der Waals surface area contributed by atoms with E-state index in [1.54, 1.807) is 4.90 Å². The van der Waals surface area contributed by atoms with Crippen molar-refractivity contribution in [2.45, 2.75) is 12.1 Å². The van der Waals surface area contributed by atoms with Crippen LogP contribution in [0.15, 0.2) is 84.9 Å². The predicted molar refractivity (Wildman–Crippen MR) is 99.0 cm³/mol. The fraction of sp³-hybridized carbons (Fsp3) is 0.0952. The molecule has 1 heterocycles. The van der Waals surface area contributed by atoms with E-state index >= 15 is 0 Å². The van der Waals surface area contributed by atoms with Crippen LogP contribution in [0.4, 0.5) is 5.69 Å². The van der Waals surface area contributed by atoms with Gasteiger partial charge in [0.25, 0.3) is 5.91 Å². The number of halogens is 1. The molecular formula is C21H16ClNO2. The van der Waals surface area contributed by atoms with Crippen LogP contribution in [0.3, 0.4) is 0 Å². The standard InChI is InChI=1S/C21H16ClNO2/c22-16-13-11-15(12-14-16)19-20(25-18-9-5-2-6-10-18)21(24)23(19)17-7-3-1-4-8-17/h1-14,19-20H/t19-,20+/m0/s1. The van der Waals surface area contributed by atoms with Crippen molar-refractivity contribution in [1.29, 1.82) is 0 Å². The van der Waals surface area contributed by atoms with Crippen LogP contribution in [-0.2, 0) is 4.79 Å². The number of ether oxygens (including phenoxy) is 1. The van der Waals surface area contributed by atoms with Crippen molar-refractivity contribution in [2.24, 2.45) is 0 Å². The van der Waals surface area contributed by atoms with Crippen LogP contribution >= 0.6 is 11.6 Å². The Balaban J connectivity index is 1.68. The molecule has 0 spiro atoms. The van der Waals surface area contributed by atoms with Crippen LogP contribution in [0.25, 0.3) is 0 Å². The third-order valence-corrected chi connectivity index (χ3v) is 4.55. The van der Waals surface area contributed by atoms with Crippen molar-refractivity contribution in [2.75, 3.05) is 4.90 Å². The Hall–Kier alpha value is -2.78. The third kappa shape index (κ3) is 2.99. The maximum absolute atomic E-state index is 12.8. The zero-order valence-corrected chi connectivity index (χ0v) is 14.1. The van der Waals surface area contributed by atoms with Gasteiger partial charge in [-0.15, -0.1) is 0 Å². The van der Waals surface area contributed by atoms with E-state index in [0.717, 1.165) is 11.3 Å². The van der Waals surface area contributed by atoms with E-state index < -0.39 is 6.10 Å². The molecule has 0 aliphatic carbocycles. The van der Waals surface area contributed by atoms with Gasteiger partial charge in [0.2, 0.25) is 6.10 Å². The second-order valence-electron chi connectivity index (χ2n) is 5.89. The summed E-state index contributed by atoms with van der Waals surface area (Å²) in [4.78, 5) is 14.6. The normalized spacial score (nSPS) is 19.4. The molecule has 4 rings (SSSR count). The average molecular weight is 350 g/mol. The highest BCUT2D eigenvalue weighted by Gasteiger charge is 2.50. The number of benzene rings is 3. The van der Waals surface area contributed by atoms with Gasteiger partial charge in [-0.25, -0.2) is 0 Å². The molecule has 0 bridgehead atoms. The Morgan fingerprint density at radius 1 is 0.800 bits per heavy atom. The minimum absolute atomic E-state index is 0.0463. The van der Waals surface area contributed by atoms with E-state index in [9.17, 15) is 4.79 Å². The first-order valence-electron chi connectivity index (χ1n) is 8.09. The maximum atomic E-state index is 12.8. The van der Waals surface area contributed by atoms with Crippen LogP contribution < -0.4 is 9.64 Å². The lowest BCUT2D eigenvalue weighted by atomic mass is 9.89. The first kappa shape index (κ1) is 15.7. The van der Waals surface area contributed by atoms with Gasteiger partial charge < -0.3 is 4.74 Å². The summed E-state index contributed by atoms with van der Waals surface area (Å²) in [7, 11) is 0. The van der Waals surface area contributed by atoms with Crippen LogP contribution in [0.1, 0.15) is 11.6 Å². The zero-order valence-electron chi connectivity index (χ0n) is 13.4. The number of carbonyl (C=O) groups is 1. The van der Waals surface area contributed by atoms with E-state index in [0.29, 0.717) is 10.8 Å². The molecule has 25 heavy (non-hydrogen) atoms. The largest absolute Gasteiger partial charge is 0.478 e. The summed E-state index contributed by atoms with van der Waals surface area (Å²) in [6, 6.07) is 26.4. The van der Waals surface area contributed by atoms with Gasteiger partial charge in [0.05, 0.1) is 0 Å². The number of hydrogen-bond acceptors (Lipinski definition) is 2. The minimum Gasteiger partial charge on any atom is -0.478 e. The van der Waals surface area contributed by atoms with Crippen molar-refractivity contribution in [3.63, 3.8) is 0 Å². The molecule has 0 unspecified atom stereocenters. The number of amides is 1. The summed E-state index contributed by atoms with van der Waals surface area (Å²) in [6.45, 7) is 0. The van der Waals surface area contributed by atoms with Gasteiger partial charge in [-0.3, -0.25) is 9.69 Å². The van der Waals surface area contributed by atoms with E-state index in [2.05, 4.69) is 0 Å². The predicted octanol–water partition coefficient (Wildman–Crippen LogP) is 4.88. The lowest BCUT2D eigenvalue weighted by Crippen LogP contribution is -2.61. The molecule has 0 radical (unpaired) electrons. The Bertz CT molecular complexity index is 865. The van der Waals surface area contributed by atoms with Crippen molar-refractivity contribution in [1.82, 2.24) is 0 Å². The first-order valence-corrected chi connectivity index (χ1v) is 8.47. The molecule has 0 aromatic heterocycles. The number of anilines is 1. The highest BCUT2D eigenvalue weighted by Crippen LogP contribution is 2.41. The number of para-hydroxylation sites is 2. The molecule has 3 aromatic carbocycles. The van der Waals surface area contributed by atoms with Crippen molar-refractivity contribution in [3.8, 4) is 5.75 Å². The van der Waals surface area contributed by atoms with E-state index in [-0.39, 0.29) is 11.9 Å². The van der Waals surface area contributed by atoms with Crippen LogP contribution in [0.5, 0.6) is 5.75 Å². The second-order valence-corrected chi connectivity index (χ2v) is 6.33. The van der Waals surface area contributed by atoms with Gasteiger partial charge in [0.15, 0.2) is 0 Å². The van der Waals surface area contributed by atoms with E-state index in [4.69, 9.17) is 16.3 Å². The third-order valence-electron chi connectivity index (χ3n) is 4.30. The number of hydrogen-bond donors (Lipinski definition) is 0. The summed E-state index contributed by atoms with van der Waals surface area (Å²) in [5.74, 6) is 0.641. The average Bonchev–Trinajstić information content (AvgIpc) is 2.66. The minimum atomic E-state index is -0.552. The molecule has 1 amide bonds. The SMILES string of the molecule is O=C1[C@H](Oc2ccccc2)[C@H](c2ccc(Cl)cc2)N1c1ccccc1. The van der Waals surface area contributed by atoms with Crippen molar-refractivity contribution < 1.29 is 9.53 Å². The quantitative estimate of drug-likeness (QED) is 0.628. The number of carbonyl (C=O) groups excluding carboxylic acids is 1.